The maximum atomic E-state index is 12.0. The van der Waals surface area contributed by atoms with Crippen LogP contribution in [-0.2, 0) is 10.5 Å². The van der Waals surface area contributed by atoms with E-state index in [9.17, 15) is 4.79 Å². The lowest BCUT2D eigenvalue weighted by Gasteiger charge is -2.26. The van der Waals surface area contributed by atoms with Crippen LogP contribution in [0.25, 0.3) is 0 Å². The fourth-order valence-electron chi connectivity index (χ4n) is 2.51. The molecule has 0 saturated carbocycles. The van der Waals surface area contributed by atoms with Gasteiger partial charge >= 0.3 is 0 Å². The number of hydrogen-bond donors (Lipinski definition) is 1. The van der Waals surface area contributed by atoms with E-state index < -0.39 is 0 Å². The first-order chi connectivity index (χ1) is 11.7. The van der Waals surface area contributed by atoms with Crippen LogP contribution >= 0.6 is 11.8 Å². The Bertz CT molecular complexity index is 705. The van der Waals surface area contributed by atoms with Crippen molar-refractivity contribution in [2.24, 2.45) is 0 Å². The van der Waals surface area contributed by atoms with E-state index in [4.69, 9.17) is 9.47 Å². The van der Waals surface area contributed by atoms with Crippen LogP contribution in [0.3, 0.4) is 0 Å². The highest BCUT2D eigenvalue weighted by Gasteiger charge is 2.20. The number of nitrogens with one attached hydrogen (secondary N) is 1. The predicted octanol–water partition coefficient (Wildman–Crippen LogP) is 3.18. The Morgan fingerprint density at radius 2 is 2.04 bits per heavy atom. The van der Waals surface area contributed by atoms with E-state index >= 15 is 0 Å². The molecule has 3 rings (SSSR count). The number of rotatable bonds is 6. The van der Waals surface area contributed by atoms with Crippen molar-refractivity contribution in [3.63, 3.8) is 0 Å². The maximum absolute atomic E-state index is 12.0. The van der Waals surface area contributed by atoms with Gasteiger partial charge in [0, 0.05) is 5.75 Å². The van der Waals surface area contributed by atoms with Crippen LogP contribution in [0, 0.1) is 6.92 Å². The molecule has 0 fully saturated rings. The maximum Gasteiger partial charge on any atom is 0.230 e. The number of aryl methyl sites for hydroxylation is 1. The zero-order valence-corrected chi connectivity index (χ0v) is 14.5. The molecule has 2 aromatic carbocycles. The summed E-state index contributed by atoms with van der Waals surface area (Å²) in [5, 5.41) is 2.92. The Morgan fingerprint density at radius 1 is 1.21 bits per heavy atom. The first-order valence-electron chi connectivity index (χ1n) is 7.99. The van der Waals surface area contributed by atoms with Gasteiger partial charge in [0.1, 0.15) is 12.7 Å². The van der Waals surface area contributed by atoms with Crippen LogP contribution in [-0.4, -0.2) is 30.9 Å². The zero-order valence-electron chi connectivity index (χ0n) is 13.7. The van der Waals surface area contributed by atoms with Crippen molar-refractivity contribution >= 4 is 17.7 Å². The number of carbonyl (C=O) groups excluding carboxylic acids is 1. The minimum absolute atomic E-state index is 0.0233. The van der Waals surface area contributed by atoms with Gasteiger partial charge in [-0.25, -0.2) is 0 Å². The number of hydrogen-bond acceptors (Lipinski definition) is 4. The van der Waals surface area contributed by atoms with Gasteiger partial charge in [0.25, 0.3) is 0 Å². The second kappa shape index (κ2) is 8.11. The molecule has 24 heavy (non-hydrogen) atoms. The molecule has 1 heterocycles. The predicted molar refractivity (Wildman–Crippen MR) is 96.7 cm³/mol. The Morgan fingerprint density at radius 3 is 2.88 bits per heavy atom. The summed E-state index contributed by atoms with van der Waals surface area (Å²) in [6.45, 7) is 2.98. The van der Waals surface area contributed by atoms with Crippen molar-refractivity contribution < 1.29 is 14.3 Å². The molecule has 126 valence electrons. The van der Waals surface area contributed by atoms with E-state index in [1.807, 2.05) is 30.3 Å². The average molecular weight is 343 g/mol. The topological polar surface area (TPSA) is 47.6 Å². The van der Waals surface area contributed by atoms with Crippen molar-refractivity contribution in [1.29, 1.82) is 0 Å². The van der Waals surface area contributed by atoms with Crippen molar-refractivity contribution in [2.75, 3.05) is 18.9 Å². The smallest absolute Gasteiger partial charge is 0.230 e. The molecular formula is C19H21NO3S. The van der Waals surface area contributed by atoms with Gasteiger partial charge in [-0.2, -0.15) is 0 Å². The summed E-state index contributed by atoms with van der Waals surface area (Å²) in [6.07, 6.45) is -0.148. The van der Waals surface area contributed by atoms with Crippen LogP contribution in [0.5, 0.6) is 11.5 Å². The van der Waals surface area contributed by atoms with Gasteiger partial charge in [0.2, 0.25) is 5.91 Å². The van der Waals surface area contributed by atoms with E-state index in [-0.39, 0.29) is 12.0 Å². The van der Waals surface area contributed by atoms with Gasteiger partial charge in [-0.15, -0.1) is 11.8 Å². The standard InChI is InChI=1S/C19H21NO3S/c1-14-5-4-6-15(9-14)12-24-13-19(21)20-10-16-11-22-17-7-2-3-8-18(17)23-16/h2-9,16H,10-13H2,1H3,(H,20,21)/t16-/m0/s1. The van der Waals surface area contributed by atoms with Gasteiger partial charge in [0.15, 0.2) is 11.5 Å². The fraction of sp³-hybridized carbons (Fsp3) is 0.316. The van der Waals surface area contributed by atoms with Gasteiger partial charge < -0.3 is 14.8 Å². The summed E-state index contributed by atoms with van der Waals surface area (Å²) in [7, 11) is 0. The van der Waals surface area contributed by atoms with Crippen LogP contribution in [0.2, 0.25) is 0 Å². The van der Waals surface area contributed by atoms with Crippen LogP contribution in [0.15, 0.2) is 48.5 Å². The molecule has 4 nitrogen and oxygen atoms in total. The molecule has 1 aliphatic heterocycles. The first-order valence-corrected chi connectivity index (χ1v) is 9.14. The van der Waals surface area contributed by atoms with E-state index in [2.05, 4.69) is 30.4 Å². The lowest BCUT2D eigenvalue weighted by molar-refractivity contribution is -0.119. The number of amides is 1. The monoisotopic (exact) mass is 343 g/mol. The van der Waals surface area contributed by atoms with E-state index in [0.29, 0.717) is 18.9 Å². The second-order valence-electron chi connectivity index (χ2n) is 5.78. The van der Waals surface area contributed by atoms with Crippen molar-refractivity contribution in [1.82, 2.24) is 5.32 Å². The zero-order chi connectivity index (χ0) is 16.8. The minimum Gasteiger partial charge on any atom is -0.486 e. The highest BCUT2D eigenvalue weighted by atomic mass is 32.2. The third kappa shape index (κ3) is 4.68. The molecule has 0 saturated heterocycles. The second-order valence-corrected chi connectivity index (χ2v) is 6.77. The molecule has 1 amide bonds. The Kier molecular flexibility index (Phi) is 5.64. The minimum atomic E-state index is -0.148. The SMILES string of the molecule is Cc1cccc(CSCC(=O)NC[C@H]2COc3ccccc3O2)c1. The summed E-state index contributed by atoms with van der Waals surface area (Å²) < 4.78 is 11.5. The molecule has 0 unspecified atom stereocenters. The van der Waals surface area contributed by atoms with Gasteiger partial charge in [-0.3, -0.25) is 4.79 Å². The molecule has 5 heteroatoms. The quantitative estimate of drug-likeness (QED) is 0.875. The lowest BCUT2D eigenvalue weighted by atomic mass is 10.2. The summed E-state index contributed by atoms with van der Waals surface area (Å²) >= 11 is 1.61. The number of ether oxygens (including phenoxy) is 2. The number of para-hydroxylation sites is 2. The largest absolute Gasteiger partial charge is 0.486 e. The lowest BCUT2D eigenvalue weighted by Crippen LogP contribution is -2.41. The van der Waals surface area contributed by atoms with Crippen LogP contribution in [0.1, 0.15) is 11.1 Å². The van der Waals surface area contributed by atoms with Gasteiger partial charge in [-0.1, -0.05) is 42.0 Å². The molecule has 0 radical (unpaired) electrons. The summed E-state index contributed by atoms with van der Waals surface area (Å²) in [5.74, 6) is 2.80. The summed E-state index contributed by atoms with van der Waals surface area (Å²) in [6, 6.07) is 15.9. The normalized spacial score (nSPS) is 15.8. The molecule has 0 bridgehead atoms. The van der Waals surface area contributed by atoms with Crippen molar-refractivity contribution in [2.45, 2.75) is 18.8 Å². The van der Waals surface area contributed by atoms with Crippen molar-refractivity contribution in [3.8, 4) is 11.5 Å². The first kappa shape index (κ1) is 16.7. The van der Waals surface area contributed by atoms with E-state index in [1.54, 1.807) is 11.8 Å². The Labute approximate surface area is 146 Å². The van der Waals surface area contributed by atoms with E-state index in [1.165, 1.54) is 11.1 Å². The average Bonchev–Trinajstić information content (AvgIpc) is 2.60. The fourth-order valence-corrected chi connectivity index (χ4v) is 3.31. The third-order valence-electron chi connectivity index (χ3n) is 3.68. The molecule has 1 N–H and O–H groups in total. The Balaban J connectivity index is 1.37. The number of carbonyl (C=O) groups is 1. The molecule has 1 atom stereocenters. The molecular weight excluding hydrogens is 322 g/mol. The molecule has 2 aromatic rings. The van der Waals surface area contributed by atoms with Crippen LogP contribution < -0.4 is 14.8 Å². The summed E-state index contributed by atoms with van der Waals surface area (Å²) in [4.78, 5) is 12.0. The number of thioether (sulfide) groups is 1. The van der Waals surface area contributed by atoms with Crippen molar-refractivity contribution in [3.05, 3.63) is 59.7 Å². The number of fused-ring (bicyclic) bond motifs is 1. The Hall–Kier alpha value is -2.14. The highest BCUT2D eigenvalue weighted by Crippen LogP contribution is 2.30. The molecule has 0 aliphatic carbocycles. The van der Waals surface area contributed by atoms with Gasteiger partial charge in [0.05, 0.1) is 12.3 Å². The molecule has 1 aliphatic rings. The van der Waals surface area contributed by atoms with Crippen LogP contribution in [0.4, 0.5) is 0 Å². The molecule has 0 spiro atoms. The van der Waals surface area contributed by atoms with Gasteiger partial charge in [-0.05, 0) is 24.6 Å². The molecule has 0 aromatic heterocycles. The number of benzene rings is 2. The third-order valence-corrected chi connectivity index (χ3v) is 4.68. The highest BCUT2D eigenvalue weighted by molar-refractivity contribution is 7.99. The summed E-state index contributed by atoms with van der Waals surface area (Å²) in [5.41, 5.74) is 2.49. The van der Waals surface area contributed by atoms with E-state index in [0.717, 1.165) is 17.3 Å².